The highest BCUT2D eigenvalue weighted by atomic mass is 19.3. The number of rotatable bonds is 9. The van der Waals surface area contributed by atoms with Crippen LogP contribution >= 0.6 is 0 Å². The van der Waals surface area contributed by atoms with Crippen LogP contribution in [0.2, 0.25) is 0 Å². The van der Waals surface area contributed by atoms with Gasteiger partial charge in [-0.25, -0.2) is 0 Å². The third kappa shape index (κ3) is 5.42. The minimum atomic E-state index is -2.96. The fraction of sp³-hybridized carbons (Fsp3) is 0.364. The molecule has 0 aliphatic carbocycles. The number of methoxy groups -OCH3 is 2. The summed E-state index contributed by atoms with van der Waals surface area (Å²) in [4.78, 5) is 26.6. The number of carbonyl (C=O) groups excluding carboxylic acids is 2. The molecule has 1 fully saturated rings. The summed E-state index contributed by atoms with van der Waals surface area (Å²) in [6.45, 7) is -2.41. The second kappa shape index (κ2) is 10.1. The molecule has 2 aromatic rings. The maximum absolute atomic E-state index is 12.6. The number of hydrogen-bond donors (Lipinski definition) is 1. The lowest BCUT2D eigenvalue weighted by Crippen LogP contribution is -2.34. The number of para-hydroxylation sites is 2. The molecule has 0 spiro atoms. The van der Waals surface area contributed by atoms with E-state index >= 15 is 0 Å². The van der Waals surface area contributed by atoms with Gasteiger partial charge < -0.3 is 24.4 Å². The number of benzene rings is 2. The van der Waals surface area contributed by atoms with E-state index in [-0.39, 0.29) is 36.3 Å². The molecule has 166 valence electrons. The van der Waals surface area contributed by atoms with Crippen molar-refractivity contribution >= 4 is 17.5 Å². The van der Waals surface area contributed by atoms with Crippen molar-refractivity contribution in [2.75, 3.05) is 32.2 Å². The van der Waals surface area contributed by atoms with E-state index in [4.69, 9.17) is 9.47 Å². The summed E-state index contributed by atoms with van der Waals surface area (Å²) in [6, 6.07) is 11.9. The van der Waals surface area contributed by atoms with E-state index in [1.807, 2.05) is 6.07 Å². The molecule has 3 rings (SSSR count). The fourth-order valence-electron chi connectivity index (χ4n) is 3.51. The van der Waals surface area contributed by atoms with Gasteiger partial charge in [0, 0.05) is 19.5 Å². The zero-order valence-corrected chi connectivity index (χ0v) is 17.3. The Morgan fingerprint density at radius 3 is 2.58 bits per heavy atom. The van der Waals surface area contributed by atoms with Gasteiger partial charge in [0.2, 0.25) is 11.8 Å². The fourth-order valence-corrected chi connectivity index (χ4v) is 3.51. The molecule has 0 saturated carbocycles. The average molecular weight is 434 g/mol. The van der Waals surface area contributed by atoms with Crippen LogP contribution in [0.3, 0.4) is 0 Å². The molecule has 1 aliphatic heterocycles. The van der Waals surface area contributed by atoms with Gasteiger partial charge in [-0.15, -0.1) is 0 Å². The van der Waals surface area contributed by atoms with Crippen LogP contribution < -0.4 is 24.4 Å². The Bertz CT molecular complexity index is 938. The first-order valence-electron chi connectivity index (χ1n) is 9.75. The highest BCUT2D eigenvalue weighted by molar-refractivity contribution is 6.01. The number of anilines is 1. The van der Waals surface area contributed by atoms with Gasteiger partial charge in [-0.2, -0.15) is 8.78 Å². The monoisotopic (exact) mass is 434 g/mol. The lowest BCUT2D eigenvalue weighted by molar-refractivity contribution is -0.126. The Balaban J connectivity index is 1.56. The smallest absolute Gasteiger partial charge is 0.387 e. The average Bonchev–Trinajstić information content (AvgIpc) is 3.15. The number of nitrogens with zero attached hydrogens (tertiary/aromatic N) is 1. The highest BCUT2D eigenvalue weighted by Gasteiger charge is 2.36. The van der Waals surface area contributed by atoms with Gasteiger partial charge in [-0.3, -0.25) is 9.59 Å². The lowest BCUT2D eigenvalue weighted by atomic mass is 10.1. The van der Waals surface area contributed by atoms with E-state index in [9.17, 15) is 18.4 Å². The number of ether oxygens (including phenoxy) is 3. The van der Waals surface area contributed by atoms with Gasteiger partial charge in [0.15, 0.2) is 11.5 Å². The van der Waals surface area contributed by atoms with Crippen molar-refractivity contribution in [3.63, 3.8) is 0 Å². The second-order valence-electron chi connectivity index (χ2n) is 6.98. The van der Waals surface area contributed by atoms with E-state index in [0.717, 1.165) is 0 Å². The lowest BCUT2D eigenvalue weighted by Gasteiger charge is -2.19. The molecule has 31 heavy (non-hydrogen) atoms. The third-order valence-electron chi connectivity index (χ3n) is 5.03. The quantitative estimate of drug-likeness (QED) is 0.657. The van der Waals surface area contributed by atoms with Crippen LogP contribution in [0.1, 0.15) is 12.0 Å². The summed E-state index contributed by atoms with van der Waals surface area (Å²) >= 11 is 0. The first-order valence-corrected chi connectivity index (χ1v) is 9.75. The number of alkyl halides is 2. The van der Waals surface area contributed by atoms with Crippen LogP contribution in [0.15, 0.2) is 42.5 Å². The minimum Gasteiger partial charge on any atom is -0.495 e. The summed E-state index contributed by atoms with van der Waals surface area (Å²) in [6.07, 6.45) is 0.519. The molecule has 1 unspecified atom stereocenters. The summed E-state index contributed by atoms with van der Waals surface area (Å²) < 4.78 is 39.9. The molecule has 0 aromatic heterocycles. The van der Waals surface area contributed by atoms with Crippen molar-refractivity contribution in [2.24, 2.45) is 5.92 Å². The van der Waals surface area contributed by atoms with Crippen LogP contribution in [-0.2, 0) is 16.0 Å². The van der Waals surface area contributed by atoms with Gasteiger partial charge in [0.05, 0.1) is 25.8 Å². The predicted octanol–water partition coefficient (Wildman–Crippen LogP) is 3.02. The Morgan fingerprint density at radius 2 is 1.87 bits per heavy atom. The van der Waals surface area contributed by atoms with E-state index in [2.05, 4.69) is 10.1 Å². The summed E-state index contributed by atoms with van der Waals surface area (Å²) in [5.41, 5.74) is 1.34. The summed E-state index contributed by atoms with van der Waals surface area (Å²) in [5.74, 6) is -0.148. The number of carbonyl (C=O) groups is 2. The molecular formula is C22H24F2N2O5. The summed E-state index contributed by atoms with van der Waals surface area (Å²) in [5, 5.41) is 2.81. The van der Waals surface area contributed by atoms with E-state index in [1.165, 1.54) is 26.4 Å². The molecule has 1 atom stereocenters. The maximum atomic E-state index is 12.6. The molecular weight excluding hydrogens is 410 g/mol. The number of hydrogen-bond acceptors (Lipinski definition) is 5. The maximum Gasteiger partial charge on any atom is 0.387 e. The van der Waals surface area contributed by atoms with Crippen LogP contribution in [0, 0.1) is 5.92 Å². The van der Waals surface area contributed by atoms with E-state index < -0.39 is 12.5 Å². The zero-order valence-electron chi connectivity index (χ0n) is 17.3. The molecule has 1 N–H and O–H groups in total. The Labute approximate surface area is 178 Å². The van der Waals surface area contributed by atoms with Crippen molar-refractivity contribution in [3.05, 3.63) is 48.0 Å². The van der Waals surface area contributed by atoms with E-state index in [1.54, 1.807) is 29.2 Å². The largest absolute Gasteiger partial charge is 0.495 e. The van der Waals surface area contributed by atoms with Crippen molar-refractivity contribution < 1.29 is 32.6 Å². The predicted molar refractivity (Wildman–Crippen MR) is 110 cm³/mol. The normalized spacial score (nSPS) is 15.8. The number of nitrogens with one attached hydrogen (secondary N) is 1. The Hall–Kier alpha value is -3.36. The molecule has 0 bridgehead atoms. The van der Waals surface area contributed by atoms with Gasteiger partial charge in [-0.05, 0) is 36.2 Å². The second-order valence-corrected chi connectivity index (χ2v) is 6.98. The van der Waals surface area contributed by atoms with Gasteiger partial charge in [0.1, 0.15) is 5.75 Å². The highest BCUT2D eigenvalue weighted by Crippen LogP contribution is 2.33. The van der Waals surface area contributed by atoms with Crippen LogP contribution in [-0.4, -0.2) is 45.7 Å². The SMILES string of the molecule is COc1ccc(CCNC(=O)C2CC(=O)N(c3ccccc3OC)C2)cc1OC(F)F. The molecule has 7 nitrogen and oxygen atoms in total. The molecule has 9 heteroatoms. The minimum absolute atomic E-state index is 0.0600. The molecule has 1 heterocycles. The van der Waals surface area contributed by atoms with E-state index in [0.29, 0.717) is 30.0 Å². The van der Waals surface area contributed by atoms with Crippen LogP contribution in [0.4, 0.5) is 14.5 Å². The van der Waals surface area contributed by atoms with Crippen molar-refractivity contribution in [1.29, 1.82) is 0 Å². The third-order valence-corrected chi connectivity index (χ3v) is 5.03. The topological polar surface area (TPSA) is 77.1 Å². The van der Waals surface area contributed by atoms with Gasteiger partial charge >= 0.3 is 6.61 Å². The van der Waals surface area contributed by atoms with Gasteiger partial charge in [-0.1, -0.05) is 18.2 Å². The Kier molecular flexibility index (Phi) is 7.28. The van der Waals surface area contributed by atoms with Crippen molar-refractivity contribution in [1.82, 2.24) is 5.32 Å². The molecule has 0 radical (unpaired) electrons. The molecule has 2 amide bonds. The van der Waals surface area contributed by atoms with Crippen LogP contribution in [0.25, 0.3) is 0 Å². The Morgan fingerprint density at radius 1 is 1.13 bits per heavy atom. The standard InChI is InChI=1S/C22H24F2N2O5/c1-29-17-6-4-3-5-16(17)26-13-15(12-20(26)27)21(28)25-10-9-14-7-8-18(30-2)19(11-14)31-22(23)24/h3-8,11,15,22H,9-10,12-13H2,1-2H3,(H,25,28). The van der Waals surface area contributed by atoms with Crippen molar-refractivity contribution in [2.45, 2.75) is 19.5 Å². The molecule has 1 saturated heterocycles. The zero-order chi connectivity index (χ0) is 22.4. The first kappa shape index (κ1) is 22.3. The van der Waals surface area contributed by atoms with Gasteiger partial charge in [0.25, 0.3) is 0 Å². The molecule has 2 aromatic carbocycles. The number of halogens is 2. The summed E-state index contributed by atoms with van der Waals surface area (Å²) in [7, 11) is 2.89. The molecule has 1 aliphatic rings. The first-order chi connectivity index (χ1) is 14.9. The van der Waals surface area contributed by atoms with Crippen molar-refractivity contribution in [3.8, 4) is 17.2 Å². The van der Waals surface area contributed by atoms with Crippen LogP contribution in [0.5, 0.6) is 17.2 Å². The number of amides is 2.